The maximum atomic E-state index is 13.0. The summed E-state index contributed by atoms with van der Waals surface area (Å²) in [5.41, 5.74) is 1.89. The van der Waals surface area contributed by atoms with Crippen molar-refractivity contribution >= 4 is 23.0 Å². The third kappa shape index (κ3) is 3.73. The lowest BCUT2D eigenvalue weighted by Gasteiger charge is -2.47. The Bertz CT molecular complexity index is 821. The second-order valence-corrected chi connectivity index (χ2v) is 8.22. The lowest BCUT2D eigenvalue weighted by Crippen LogP contribution is -2.55. The van der Waals surface area contributed by atoms with Gasteiger partial charge in [-0.3, -0.25) is 4.79 Å². The minimum absolute atomic E-state index is 0.0454. The molecule has 2 aliphatic rings. The Morgan fingerprint density at radius 2 is 2.07 bits per heavy atom. The number of oxazole rings is 1. The van der Waals surface area contributed by atoms with Crippen LogP contribution in [-0.2, 0) is 0 Å². The predicted octanol–water partition coefficient (Wildman–Crippen LogP) is 2.23. The molecule has 2 aromatic rings. The minimum Gasteiger partial charge on any atom is -0.423 e. The molecule has 2 unspecified atom stereocenters. The second kappa shape index (κ2) is 8.09. The second-order valence-electron chi connectivity index (χ2n) is 8.22. The van der Waals surface area contributed by atoms with E-state index >= 15 is 0 Å². The average molecular weight is 386 g/mol. The molecule has 2 aliphatic heterocycles. The van der Waals surface area contributed by atoms with Gasteiger partial charge in [0.1, 0.15) is 5.52 Å². The predicted molar refractivity (Wildman–Crippen MR) is 111 cm³/mol. The van der Waals surface area contributed by atoms with Crippen LogP contribution in [0.3, 0.4) is 0 Å². The molecule has 0 spiro atoms. The average Bonchev–Trinajstić information content (AvgIpc) is 3.11. The van der Waals surface area contributed by atoms with E-state index in [2.05, 4.69) is 27.6 Å². The molecule has 152 valence electrons. The zero-order valence-electron chi connectivity index (χ0n) is 17.1. The molecular formula is C21H31N5O2. The molecule has 28 heavy (non-hydrogen) atoms. The van der Waals surface area contributed by atoms with Crippen LogP contribution >= 0.6 is 0 Å². The lowest BCUT2D eigenvalue weighted by atomic mass is 9.82. The van der Waals surface area contributed by atoms with Gasteiger partial charge in [0, 0.05) is 38.3 Å². The number of likely N-dealkylation sites (N-methyl/N-ethyl adjacent to an activating group) is 2. The number of anilines is 1. The zero-order chi connectivity index (χ0) is 19.7. The van der Waals surface area contributed by atoms with Crippen molar-refractivity contribution in [2.45, 2.75) is 50.2 Å². The molecule has 1 aromatic carbocycles. The van der Waals surface area contributed by atoms with Crippen molar-refractivity contribution in [1.82, 2.24) is 20.5 Å². The smallest absolute Gasteiger partial charge is 0.298 e. The summed E-state index contributed by atoms with van der Waals surface area (Å²) in [6.45, 7) is 1.62. The summed E-state index contributed by atoms with van der Waals surface area (Å²) < 4.78 is 5.88. The molecule has 1 amide bonds. The number of hydrogen-bond donors (Lipinski definition) is 2. The number of para-hydroxylation sites is 1. The number of aromatic nitrogens is 1. The Balaban J connectivity index is 1.50. The molecule has 0 radical (unpaired) electrons. The lowest BCUT2D eigenvalue weighted by molar-refractivity contribution is 0.0463. The van der Waals surface area contributed by atoms with Crippen molar-refractivity contribution < 1.29 is 9.21 Å². The van der Waals surface area contributed by atoms with Crippen molar-refractivity contribution in [2.75, 3.05) is 39.1 Å². The Hall–Kier alpha value is -2.12. The van der Waals surface area contributed by atoms with E-state index in [1.807, 2.05) is 37.2 Å². The summed E-state index contributed by atoms with van der Waals surface area (Å²) in [6, 6.07) is 7.53. The van der Waals surface area contributed by atoms with Crippen LogP contribution in [0.2, 0.25) is 0 Å². The van der Waals surface area contributed by atoms with Gasteiger partial charge in [-0.1, -0.05) is 12.5 Å². The molecule has 2 saturated heterocycles. The molecule has 3 heterocycles. The van der Waals surface area contributed by atoms with Gasteiger partial charge in [0.2, 0.25) is 0 Å². The van der Waals surface area contributed by atoms with E-state index in [4.69, 9.17) is 4.42 Å². The number of amides is 1. The largest absolute Gasteiger partial charge is 0.423 e. The minimum atomic E-state index is -0.0454. The number of hydrogen-bond acceptors (Lipinski definition) is 6. The number of fused-ring (bicyclic) bond motifs is 3. The molecule has 7 heteroatoms. The van der Waals surface area contributed by atoms with E-state index in [0.29, 0.717) is 34.8 Å². The third-order valence-electron chi connectivity index (χ3n) is 6.35. The molecule has 2 N–H and O–H groups in total. The summed E-state index contributed by atoms with van der Waals surface area (Å²) in [4.78, 5) is 22.1. The Morgan fingerprint density at radius 3 is 2.79 bits per heavy atom. The first-order chi connectivity index (χ1) is 13.6. The van der Waals surface area contributed by atoms with Crippen molar-refractivity contribution in [1.29, 1.82) is 0 Å². The van der Waals surface area contributed by atoms with Gasteiger partial charge in [-0.25, -0.2) is 0 Å². The zero-order valence-corrected chi connectivity index (χ0v) is 17.1. The van der Waals surface area contributed by atoms with Crippen molar-refractivity contribution in [3.8, 4) is 0 Å². The molecule has 2 fully saturated rings. The quantitative estimate of drug-likeness (QED) is 0.794. The molecule has 2 bridgehead atoms. The van der Waals surface area contributed by atoms with Crippen LogP contribution in [0.5, 0.6) is 0 Å². The number of rotatable bonds is 6. The highest BCUT2D eigenvalue weighted by molar-refractivity contribution is 6.04. The highest BCUT2D eigenvalue weighted by atomic mass is 16.4. The van der Waals surface area contributed by atoms with Crippen molar-refractivity contribution in [2.24, 2.45) is 0 Å². The molecule has 4 rings (SSSR count). The fourth-order valence-corrected chi connectivity index (χ4v) is 4.66. The van der Waals surface area contributed by atoms with Gasteiger partial charge in [-0.15, -0.1) is 0 Å². The molecule has 2 atom stereocenters. The summed E-state index contributed by atoms with van der Waals surface area (Å²) in [7, 11) is 6.09. The maximum Gasteiger partial charge on any atom is 0.298 e. The number of nitrogens with zero attached hydrogens (tertiary/aromatic N) is 3. The van der Waals surface area contributed by atoms with Gasteiger partial charge in [-0.05, 0) is 51.9 Å². The van der Waals surface area contributed by atoms with Crippen LogP contribution < -0.4 is 15.5 Å². The van der Waals surface area contributed by atoms with Crippen LogP contribution in [0.4, 0.5) is 6.01 Å². The van der Waals surface area contributed by atoms with Crippen molar-refractivity contribution in [3.63, 3.8) is 0 Å². The summed E-state index contributed by atoms with van der Waals surface area (Å²) >= 11 is 0. The number of nitrogens with one attached hydrogen (secondary N) is 2. The van der Waals surface area contributed by atoms with Crippen LogP contribution in [0, 0.1) is 0 Å². The van der Waals surface area contributed by atoms with Gasteiger partial charge in [0.25, 0.3) is 11.9 Å². The molecule has 0 aliphatic carbocycles. The van der Waals surface area contributed by atoms with Gasteiger partial charge in [0.15, 0.2) is 5.58 Å². The monoisotopic (exact) mass is 385 g/mol. The highest BCUT2D eigenvalue weighted by Crippen LogP contribution is 2.33. The van der Waals surface area contributed by atoms with Gasteiger partial charge in [-0.2, -0.15) is 4.98 Å². The van der Waals surface area contributed by atoms with E-state index in [1.165, 1.54) is 19.3 Å². The Morgan fingerprint density at radius 1 is 1.32 bits per heavy atom. The third-order valence-corrected chi connectivity index (χ3v) is 6.35. The molecule has 1 aromatic heterocycles. The van der Waals surface area contributed by atoms with E-state index < -0.39 is 0 Å². The van der Waals surface area contributed by atoms with E-state index in [9.17, 15) is 4.79 Å². The normalized spacial score (nSPS) is 25.0. The molecule has 7 nitrogen and oxygen atoms in total. The Labute approximate surface area is 166 Å². The highest BCUT2D eigenvalue weighted by Gasteiger charge is 2.36. The standard InChI is InChI=1S/C21H31N5O2/c1-22-10-11-25(2)21-24-19-17(8-5-9-18(19)28-21)20(27)23-14-12-15-6-4-7-16(13-14)26(15)3/h5,8-9,14-16,22H,4,6-7,10-13H2,1-3H3,(H,23,27). The number of benzene rings is 1. The van der Waals surface area contributed by atoms with Gasteiger partial charge >= 0.3 is 0 Å². The molecule has 0 saturated carbocycles. The summed E-state index contributed by atoms with van der Waals surface area (Å²) in [5, 5.41) is 6.40. The summed E-state index contributed by atoms with van der Waals surface area (Å²) in [5.74, 6) is -0.0454. The fraction of sp³-hybridized carbons (Fsp3) is 0.619. The topological polar surface area (TPSA) is 73.6 Å². The Kier molecular flexibility index (Phi) is 5.55. The van der Waals surface area contributed by atoms with E-state index in [-0.39, 0.29) is 11.9 Å². The van der Waals surface area contributed by atoms with E-state index in [0.717, 1.165) is 25.9 Å². The van der Waals surface area contributed by atoms with E-state index in [1.54, 1.807) is 0 Å². The van der Waals surface area contributed by atoms with Crippen LogP contribution in [0.15, 0.2) is 22.6 Å². The van der Waals surface area contributed by atoms with Gasteiger partial charge in [0.05, 0.1) is 5.56 Å². The SMILES string of the molecule is CNCCN(C)c1nc2c(C(=O)NC3CC4CCCC(C3)N4C)cccc2o1. The number of carbonyl (C=O) groups is 1. The van der Waals surface area contributed by atoms with Crippen LogP contribution in [0.25, 0.3) is 11.1 Å². The van der Waals surface area contributed by atoms with Gasteiger partial charge < -0.3 is 24.9 Å². The van der Waals surface area contributed by atoms with Crippen LogP contribution in [0.1, 0.15) is 42.5 Å². The summed E-state index contributed by atoms with van der Waals surface area (Å²) in [6.07, 6.45) is 5.85. The molecular weight excluding hydrogens is 354 g/mol. The number of carbonyl (C=O) groups excluding carboxylic acids is 1. The maximum absolute atomic E-state index is 13.0. The first-order valence-corrected chi connectivity index (χ1v) is 10.3. The number of piperidine rings is 2. The first-order valence-electron chi connectivity index (χ1n) is 10.3. The van der Waals surface area contributed by atoms with Crippen LogP contribution in [-0.4, -0.2) is 68.1 Å². The van der Waals surface area contributed by atoms with Crippen molar-refractivity contribution in [3.05, 3.63) is 23.8 Å². The fourth-order valence-electron chi connectivity index (χ4n) is 4.66. The first kappa shape index (κ1) is 19.2.